The Morgan fingerprint density at radius 3 is 2.28 bits per heavy atom. The van der Waals surface area contributed by atoms with Crippen molar-refractivity contribution in [2.45, 2.75) is 88.6 Å². The van der Waals surface area contributed by atoms with E-state index >= 15 is 0 Å². The van der Waals surface area contributed by atoms with Crippen molar-refractivity contribution in [2.24, 2.45) is 18.4 Å². The highest BCUT2D eigenvalue weighted by molar-refractivity contribution is 6.03. The van der Waals surface area contributed by atoms with Crippen LogP contribution in [0, 0.1) is 11.3 Å². The molecule has 15 heteroatoms. The quantitative estimate of drug-likeness (QED) is 0.174. The first-order chi connectivity index (χ1) is 32.5. The fourth-order valence-corrected chi connectivity index (χ4v) is 12.2. The number of aldehydes is 1. The Bertz CT molecular complexity index is 2640. The second kappa shape index (κ2) is 17.9. The van der Waals surface area contributed by atoms with E-state index in [1.54, 1.807) is 44.0 Å². The highest BCUT2D eigenvalue weighted by Crippen LogP contribution is 2.51. The summed E-state index contributed by atoms with van der Waals surface area (Å²) in [6.45, 7) is 7.28. The number of amides is 3. The van der Waals surface area contributed by atoms with Crippen molar-refractivity contribution in [3.8, 4) is 28.4 Å². The summed E-state index contributed by atoms with van der Waals surface area (Å²) in [5.74, 6) is 2.67. The molecule has 1 aliphatic carbocycles. The van der Waals surface area contributed by atoms with E-state index < -0.39 is 6.04 Å². The van der Waals surface area contributed by atoms with Crippen LogP contribution >= 0.6 is 0 Å². The van der Waals surface area contributed by atoms with Crippen LogP contribution in [0.5, 0.6) is 17.2 Å². The Hall–Kier alpha value is -5.96. The van der Waals surface area contributed by atoms with E-state index in [0.717, 1.165) is 105 Å². The number of nitrogens with one attached hydrogen (secondary N) is 1. The molecule has 2 spiro atoms. The minimum Gasteiger partial charge on any atom is -0.496 e. The molecule has 67 heavy (non-hydrogen) atoms. The summed E-state index contributed by atoms with van der Waals surface area (Å²) < 4.78 is 19.9. The van der Waals surface area contributed by atoms with Gasteiger partial charge in [-0.25, -0.2) is 4.98 Å². The average Bonchev–Trinajstić information content (AvgIpc) is 3.87. The lowest BCUT2D eigenvalue weighted by molar-refractivity contribution is -0.125. The van der Waals surface area contributed by atoms with Crippen LogP contribution in [-0.4, -0.2) is 128 Å². The number of nitrogens with zero attached hydrogens (tertiary/aromatic N) is 6. The molecule has 1 atom stereocenters. The van der Waals surface area contributed by atoms with Crippen molar-refractivity contribution in [1.29, 1.82) is 0 Å². The highest BCUT2D eigenvalue weighted by Gasteiger charge is 2.48. The summed E-state index contributed by atoms with van der Waals surface area (Å²) in [5, 5.41) is 4.00. The van der Waals surface area contributed by atoms with Gasteiger partial charge in [0, 0.05) is 98.7 Å². The number of hydrogen-bond acceptors (Lipinski definition) is 11. The van der Waals surface area contributed by atoms with E-state index in [9.17, 15) is 24.0 Å². The van der Waals surface area contributed by atoms with Gasteiger partial charge in [-0.2, -0.15) is 0 Å². The smallest absolute Gasteiger partial charge is 0.261 e. The number of pyridine rings is 2. The van der Waals surface area contributed by atoms with Gasteiger partial charge in [-0.05, 0) is 118 Å². The molecule has 0 bridgehead atoms. The molecule has 1 N–H and O–H groups in total. The molecule has 0 radical (unpaired) electrons. The van der Waals surface area contributed by atoms with E-state index in [1.165, 1.54) is 31.2 Å². The Kier molecular flexibility index (Phi) is 12.0. The summed E-state index contributed by atoms with van der Waals surface area (Å²) in [7, 11) is 6.47. The van der Waals surface area contributed by atoms with Crippen LogP contribution in [0.15, 0.2) is 47.5 Å². The fourth-order valence-electron chi connectivity index (χ4n) is 12.2. The number of aromatic nitrogens is 2. The number of benzene rings is 2. The number of fused-ring (bicyclic) bond motifs is 5. The molecule has 3 saturated heterocycles. The molecule has 3 amide bonds. The maximum atomic E-state index is 14.4. The third-order valence-electron chi connectivity index (χ3n) is 16.5. The molecule has 2 aromatic carbocycles. The molecule has 6 aliphatic rings. The van der Waals surface area contributed by atoms with Gasteiger partial charge in [0.05, 0.1) is 32.8 Å². The average molecular weight is 914 g/mol. The van der Waals surface area contributed by atoms with Crippen LogP contribution in [0.2, 0.25) is 0 Å². The van der Waals surface area contributed by atoms with E-state index in [-0.39, 0.29) is 47.0 Å². The number of aryl methyl sites for hydroxylation is 1. The second-order valence-electron chi connectivity index (χ2n) is 20.0. The van der Waals surface area contributed by atoms with Crippen LogP contribution in [-0.2, 0) is 28.6 Å². The molecule has 1 saturated carbocycles. The highest BCUT2D eigenvalue weighted by atomic mass is 16.5. The minimum atomic E-state index is -0.703. The van der Waals surface area contributed by atoms with Gasteiger partial charge in [0.2, 0.25) is 5.91 Å². The molecule has 1 unspecified atom stereocenters. The zero-order valence-electron chi connectivity index (χ0n) is 39.4. The molecular weight excluding hydrogens is 851 g/mol. The fraction of sp³-hybridized carbons (Fsp3) is 0.538. The number of piperidine rings is 2. The number of carbonyl (C=O) groups excluding carboxylic acids is 4. The van der Waals surface area contributed by atoms with Gasteiger partial charge >= 0.3 is 0 Å². The molecule has 7 heterocycles. The molecule has 10 rings (SSSR count). The Labute approximate surface area is 391 Å². The Balaban J connectivity index is 0.750. The van der Waals surface area contributed by atoms with Crippen LogP contribution in [0.3, 0.4) is 0 Å². The lowest BCUT2D eigenvalue weighted by Crippen LogP contribution is -2.47. The first kappa shape index (κ1) is 44.9. The third kappa shape index (κ3) is 7.90. The first-order valence-corrected chi connectivity index (χ1v) is 24.3. The summed E-state index contributed by atoms with van der Waals surface area (Å²) in [6, 6.07) is 9.08. The van der Waals surface area contributed by atoms with Gasteiger partial charge in [0.1, 0.15) is 41.0 Å². The van der Waals surface area contributed by atoms with Crippen LogP contribution in [0.4, 0.5) is 5.82 Å². The van der Waals surface area contributed by atoms with E-state index in [2.05, 4.69) is 26.2 Å². The van der Waals surface area contributed by atoms with Crippen molar-refractivity contribution in [1.82, 2.24) is 29.6 Å². The summed E-state index contributed by atoms with van der Waals surface area (Å²) >= 11 is 0. The number of likely N-dealkylation sites (N-methyl/N-ethyl adjacent to an activating group) is 1. The predicted molar refractivity (Wildman–Crippen MR) is 254 cm³/mol. The molecule has 4 aromatic rings. The summed E-state index contributed by atoms with van der Waals surface area (Å²) in [6.07, 6.45) is 14.6. The minimum absolute atomic E-state index is 0.0826. The van der Waals surface area contributed by atoms with Gasteiger partial charge in [0.15, 0.2) is 0 Å². The van der Waals surface area contributed by atoms with Crippen molar-refractivity contribution >= 4 is 40.6 Å². The molecule has 5 aliphatic heterocycles. The number of ether oxygens (including phenoxy) is 3. The molecule has 2 aromatic heterocycles. The zero-order valence-corrected chi connectivity index (χ0v) is 39.4. The Morgan fingerprint density at radius 1 is 0.925 bits per heavy atom. The number of rotatable bonds is 12. The van der Waals surface area contributed by atoms with E-state index in [4.69, 9.17) is 14.2 Å². The normalized spacial score (nSPS) is 20.4. The molecular formula is C52H63N7O8. The maximum Gasteiger partial charge on any atom is 0.261 e. The predicted octanol–water partition coefficient (Wildman–Crippen LogP) is 5.72. The molecule has 354 valence electrons. The number of methoxy groups -OCH3 is 2. The number of likely N-dealkylation sites (tertiary alicyclic amines) is 2. The van der Waals surface area contributed by atoms with Gasteiger partial charge in [-0.1, -0.05) is 6.07 Å². The summed E-state index contributed by atoms with van der Waals surface area (Å²) in [4.78, 5) is 78.1. The number of anilines is 1. The van der Waals surface area contributed by atoms with Crippen molar-refractivity contribution in [3.63, 3.8) is 0 Å². The topological polar surface area (TPSA) is 156 Å². The van der Waals surface area contributed by atoms with Crippen LogP contribution in [0.25, 0.3) is 21.9 Å². The summed E-state index contributed by atoms with van der Waals surface area (Å²) in [5.41, 5.74) is 4.75. The largest absolute Gasteiger partial charge is 0.496 e. The van der Waals surface area contributed by atoms with E-state index in [1.807, 2.05) is 35.4 Å². The Morgan fingerprint density at radius 2 is 1.64 bits per heavy atom. The molecule has 15 nitrogen and oxygen atoms in total. The maximum absolute atomic E-state index is 14.4. The lowest BCUT2D eigenvalue weighted by atomic mass is 9.65. The molecule has 4 fully saturated rings. The number of hydrogen-bond donors (Lipinski definition) is 1. The van der Waals surface area contributed by atoms with Crippen molar-refractivity contribution < 1.29 is 33.4 Å². The van der Waals surface area contributed by atoms with Gasteiger partial charge in [0.25, 0.3) is 17.4 Å². The third-order valence-corrected chi connectivity index (χ3v) is 16.5. The van der Waals surface area contributed by atoms with Crippen LogP contribution < -0.4 is 30.0 Å². The van der Waals surface area contributed by atoms with Crippen molar-refractivity contribution in [3.05, 3.63) is 75.3 Å². The van der Waals surface area contributed by atoms with Gasteiger partial charge in [-0.15, -0.1) is 0 Å². The van der Waals surface area contributed by atoms with E-state index in [0.29, 0.717) is 60.2 Å². The SMILES string of the molecule is CNC(=O)C(CCC=O)N1Cc2c(ccc3c2OCC32CCN(CC3CCC4(CC3)CCN(C(=O)c3c(OC)cc(-c5cn(C)c(=O)c6cnc(N7CCC7)cc56)cc3OC)CC4)CC2)C1=O. The van der Waals surface area contributed by atoms with Crippen LogP contribution in [0.1, 0.15) is 102 Å². The second-order valence-corrected chi connectivity index (χ2v) is 20.0. The van der Waals surface area contributed by atoms with Gasteiger partial charge in [-0.3, -0.25) is 19.2 Å². The number of carbonyl (C=O) groups is 4. The lowest BCUT2D eigenvalue weighted by Gasteiger charge is -2.47. The standard InChI is InChI=1S/C52H63N7O8/c1-53-47(61)41(7-5-24-60)59-31-39-35(49(59)63)8-9-40-46(39)67-32-52(40)16-20-56(21-17-52)29-33-10-12-51(13-11-33)14-22-58(23-15-51)50(64)45-42(65-3)25-34(26-43(45)66-4)38-30-55(2)48(62)37-28-54-44(27-36(37)38)57-18-6-19-57/h8-9,24-28,30,33,41H,5-7,10-23,29,31-32H2,1-4H3,(H,53,61). The monoisotopic (exact) mass is 913 g/mol. The van der Waals surface area contributed by atoms with Crippen molar-refractivity contribution in [2.75, 3.05) is 78.6 Å². The first-order valence-electron chi connectivity index (χ1n) is 24.3. The zero-order chi connectivity index (χ0) is 46.6. The van der Waals surface area contributed by atoms with Gasteiger partial charge < -0.3 is 48.5 Å².